The van der Waals surface area contributed by atoms with E-state index in [4.69, 9.17) is 14.2 Å². The number of rotatable bonds is 4. The van der Waals surface area contributed by atoms with Crippen LogP contribution in [-0.2, 0) is 35.6 Å². The summed E-state index contributed by atoms with van der Waals surface area (Å²) in [6.45, 7) is 8.04. The molecular formula is C33H40N2O6. The third-order valence-corrected chi connectivity index (χ3v) is 12.1. The summed E-state index contributed by atoms with van der Waals surface area (Å²) >= 11 is 0. The molecule has 8 nitrogen and oxygen atoms in total. The molecule has 2 aromatic rings. The van der Waals surface area contributed by atoms with Crippen LogP contribution in [0.4, 0.5) is 0 Å². The summed E-state index contributed by atoms with van der Waals surface area (Å²) in [5.41, 5.74) is 0.402. The zero-order valence-electron chi connectivity index (χ0n) is 24.3. The molecule has 41 heavy (non-hydrogen) atoms. The van der Waals surface area contributed by atoms with Crippen LogP contribution in [0.5, 0.6) is 0 Å². The highest BCUT2D eigenvalue weighted by atomic mass is 16.8. The van der Waals surface area contributed by atoms with E-state index in [1.807, 2.05) is 19.9 Å². The van der Waals surface area contributed by atoms with E-state index in [-0.39, 0.29) is 30.3 Å². The summed E-state index contributed by atoms with van der Waals surface area (Å²) in [5, 5.41) is 17.6. The fourth-order valence-corrected chi connectivity index (χ4v) is 9.58. The number of para-hydroxylation sites is 1. The predicted molar refractivity (Wildman–Crippen MR) is 151 cm³/mol. The van der Waals surface area contributed by atoms with Crippen molar-refractivity contribution in [3.05, 3.63) is 47.2 Å². The first-order valence-corrected chi connectivity index (χ1v) is 15.3. The molecule has 218 valence electrons. The number of benzene rings is 1. The van der Waals surface area contributed by atoms with Crippen LogP contribution in [0.15, 0.2) is 35.9 Å². The zero-order chi connectivity index (χ0) is 28.6. The van der Waals surface area contributed by atoms with Crippen LogP contribution in [0, 0.1) is 11.3 Å². The Kier molecular flexibility index (Phi) is 5.16. The van der Waals surface area contributed by atoms with Crippen molar-refractivity contribution in [3.8, 4) is 0 Å². The Morgan fingerprint density at radius 3 is 2.71 bits per heavy atom. The van der Waals surface area contributed by atoms with Gasteiger partial charge in [0.25, 0.3) is 0 Å². The summed E-state index contributed by atoms with van der Waals surface area (Å²) in [7, 11) is 0. The minimum Gasteiger partial charge on any atom is -0.382 e. The number of hydrogen-bond acceptors (Lipinski definition) is 6. The van der Waals surface area contributed by atoms with Gasteiger partial charge in [0.15, 0.2) is 17.7 Å². The number of fused-ring (bicyclic) bond motifs is 9. The average molecular weight is 561 g/mol. The quantitative estimate of drug-likeness (QED) is 0.522. The minimum atomic E-state index is -1.60. The van der Waals surface area contributed by atoms with Crippen molar-refractivity contribution in [2.75, 3.05) is 6.61 Å². The second-order valence-corrected chi connectivity index (χ2v) is 14.4. The van der Waals surface area contributed by atoms with Gasteiger partial charge in [-0.1, -0.05) is 32.0 Å². The van der Waals surface area contributed by atoms with Crippen molar-refractivity contribution in [1.29, 1.82) is 0 Å². The Morgan fingerprint density at radius 1 is 1.17 bits per heavy atom. The lowest BCUT2D eigenvalue weighted by Crippen LogP contribution is -2.75. The number of aliphatic hydroxyl groups is 1. The van der Waals surface area contributed by atoms with E-state index in [0.29, 0.717) is 24.8 Å². The molecule has 3 N–H and O–H groups in total. The Labute approximate surface area is 240 Å². The van der Waals surface area contributed by atoms with Gasteiger partial charge in [0.05, 0.1) is 6.10 Å². The molecular weight excluding hydrogens is 520 g/mol. The van der Waals surface area contributed by atoms with Gasteiger partial charge < -0.3 is 29.6 Å². The maximum atomic E-state index is 13.5. The molecule has 2 bridgehead atoms. The van der Waals surface area contributed by atoms with Gasteiger partial charge >= 0.3 is 0 Å². The highest BCUT2D eigenvalue weighted by Crippen LogP contribution is 2.72. The Hall–Kier alpha value is -2.52. The smallest absolute Gasteiger partial charge is 0.246 e. The van der Waals surface area contributed by atoms with Gasteiger partial charge in [-0.15, -0.1) is 0 Å². The molecule has 0 radical (unpaired) electrons. The Morgan fingerprint density at radius 2 is 1.95 bits per heavy atom. The SMILES string of the molecule is CC1(C)OC23CC[C@]4(C)[C@@]5(C)c6[nH]c7ccccc7c6C[C@@H]5C[C@H](OCC(=O)NC5CCC5)[C@@]4(O)C2=CC(=O)[C@@H]1O3. The largest absolute Gasteiger partial charge is 0.382 e. The van der Waals surface area contributed by atoms with Crippen molar-refractivity contribution in [2.45, 2.75) is 113 Å². The molecule has 1 saturated heterocycles. The first-order chi connectivity index (χ1) is 19.4. The molecule has 1 spiro atoms. The maximum Gasteiger partial charge on any atom is 0.246 e. The topological polar surface area (TPSA) is 110 Å². The van der Waals surface area contributed by atoms with Gasteiger partial charge in [-0.3, -0.25) is 9.59 Å². The molecule has 8 rings (SSSR count). The van der Waals surface area contributed by atoms with Gasteiger partial charge in [-0.2, -0.15) is 0 Å². The van der Waals surface area contributed by atoms with Gasteiger partial charge in [-0.25, -0.2) is 0 Å². The number of H-pyrrole nitrogens is 1. The van der Waals surface area contributed by atoms with Crippen LogP contribution < -0.4 is 5.32 Å². The molecule has 4 aliphatic carbocycles. The van der Waals surface area contributed by atoms with E-state index >= 15 is 0 Å². The number of aromatic amines is 1. The second kappa shape index (κ2) is 8.10. The summed E-state index contributed by atoms with van der Waals surface area (Å²) < 4.78 is 19.5. The van der Waals surface area contributed by atoms with Crippen molar-refractivity contribution >= 4 is 22.6 Å². The molecule has 2 aliphatic heterocycles. The van der Waals surface area contributed by atoms with Crippen LogP contribution in [0.2, 0.25) is 0 Å². The van der Waals surface area contributed by atoms with Crippen LogP contribution in [0.1, 0.15) is 77.5 Å². The molecule has 1 aromatic heterocycles. The highest BCUT2D eigenvalue weighted by molar-refractivity contribution is 5.97. The lowest BCUT2D eigenvalue weighted by Gasteiger charge is -2.67. The first-order valence-electron chi connectivity index (χ1n) is 15.3. The molecule has 1 unspecified atom stereocenters. The molecule has 8 heteroatoms. The van der Waals surface area contributed by atoms with Gasteiger partial charge in [0, 0.05) is 45.5 Å². The molecule has 3 heterocycles. The van der Waals surface area contributed by atoms with Gasteiger partial charge in [-0.05, 0) is 76.0 Å². The molecule has 4 fully saturated rings. The number of hydrogen-bond donors (Lipinski definition) is 3. The normalized spacial score (nSPS) is 42.1. The third-order valence-electron chi connectivity index (χ3n) is 12.1. The van der Waals surface area contributed by atoms with Crippen molar-refractivity contribution in [3.63, 3.8) is 0 Å². The minimum absolute atomic E-state index is 0.138. The average Bonchev–Trinajstić information content (AvgIpc) is 3.49. The first kappa shape index (κ1) is 26.1. The Bertz CT molecular complexity index is 1520. The van der Waals surface area contributed by atoms with E-state index in [1.165, 1.54) is 10.9 Å². The lowest BCUT2D eigenvalue weighted by molar-refractivity contribution is -0.279. The number of carbonyl (C=O) groups is 2. The van der Waals surface area contributed by atoms with E-state index < -0.39 is 40.0 Å². The van der Waals surface area contributed by atoms with Crippen LogP contribution in [-0.4, -0.2) is 63.6 Å². The summed E-state index contributed by atoms with van der Waals surface area (Å²) in [6, 6.07) is 8.59. The summed E-state index contributed by atoms with van der Waals surface area (Å²) in [6.07, 6.45) is 5.82. The number of aromatic nitrogens is 1. The molecule has 6 aliphatic rings. The zero-order valence-corrected chi connectivity index (χ0v) is 24.3. The molecule has 1 aromatic carbocycles. The van der Waals surface area contributed by atoms with E-state index in [2.05, 4.69) is 42.3 Å². The second-order valence-electron chi connectivity index (χ2n) is 14.4. The number of amides is 1. The lowest BCUT2D eigenvalue weighted by atomic mass is 9.41. The van der Waals surface area contributed by atoms with Crippen molar-refractivity contribution in [2.24, 2.45) is 11.3 Å². The fourth-order valence-electron chi connectivity index (χ4n) is 9.58. The van der Waals surface area contributed by atoms with Crippen molar-refractivity contribution < 1.29 is 28.9 Å². The van der Waals surface area contributed by atoms with Crippen LogP contribution >= 0.6 is 0 Å². The van der Waals surface area contributed by atoms with Crippen LogP contribution in [0.3, 0.4) is 0 Å². The number of carbonyl (C=O) groups excluding carboxylic acids is 2. The number of nitrogens with one attached hydrogen (secondary N) is 2. The van der Waals surface area contributed by atoms with E-state index in [9.17, 15) is 14.7 Å². The number of ketones is 1. The predicted octanol–water partition coefficient (Wildman–Crippen LogP) is 3.99. The van der Waals surface area contributed by atoms with E-state index in [0.717, 1.165) is 36.9 Å². The van der Waals surface area contributed by atoms with Crippen molar-refractivity contribution in [1.82, 2.24) is 10.3 Å². The third kappa shape index (κ3) is 3.09. The highest BCUT2D eigenvalue weighted by Gasteiger charge is 2.78. The molecule has 7 atom stereocenters. The molecule has 3 saturated carbocycles. The number of ether oxygens (including phenoxy) is 3. The standard InChI is InChI=1S/C33H40N2O6/c1-29(2)28-23(36)16-24-32(40-28,41-29)13-12-30(3)31(4)18(14-21-20-10-5-6-11-22(20)35-27(21)31)15-25(33(24,30)38)39-17-26(37)34-19-8-7-9-19/h5-6,10-11,16,18-19,25,28,35,38H,7-9,12-15,17H2,1-4H3,(H,34,37)/t18-,25+,28+,30-,31-,32?,33+/m1/s1. The van der Waals surface area contributed by atoms with Gasteiger partial charge in [0.1, 0.15) is 17.8 Å². The van der Waals surface area contributed by atoms with E-state index in [1.54, 1.807) is 6.08 Å². The fraction of sp³-hybridized carbons (Fsp3) is 0.636. The maximum absolute atomic E-state index is 13.5. The van der Waals surface area contributed by atoms with Gasteiger partial charge in [0.2, 0.25) is 5.91 Å². The monoisotopic (exact) mass is 560 g/mol. The summed E-state index contributed by atoms with van der Waals surface area (Å²) in [4.78, 5) is 30.2. The van der Waals surface area contributed by atoms with Crippen LogP contribution in [0.25, 0.3) is 10.9 Å². The Balaban J connectivity index is 1.26. The molecule has 1 amide bonds. The summed E-state index contributed by atoms with van der Waals surface area (Å²) in [5.74, 6) is -1.37.